The molecule has 0 radical (unpaired) electrons. The highest BCUT2D eigenvalue weighted by molar-refractivity contribution is 7.17. The highest BCUT2D eigenvalue weighted by Crippen LogP contribution is 2.26. The average Bonchev–Trinajstić information content (AvgIpc) is 2.68. The molecule has 0 atom stereocenters. The topological polar surface area (TPSA) is 45.5 Å². The molecule has 2 aromatic heterocycles. The Kier molecular flexibility index (Phi) is 2.55. The van der Waals surface area contributed by atoms with Crippen LogP contribution < -0.4 is 0 Å². The van der Waals surface area contributed by atoms with Gasteiger partial charge in [0.05, 0.1) is 6.21 Å². The number of oxime groups is 1. The summed E-state index contributed by atoms with van der Waals surface area (Å²) in [6.07, 6.45) is 4.98. The minimum Gasteiger partial charge on any atom is -0.411 e. The van der Waals surface area contributed by atoms with Gasteiger partial charge in [0.2, 0.25) is 0 Å². The Bertz CT molecular complexity index is 436. The molecular formula is C10H8N2OS. The van der Waals surface area contributed by atoms with Gasteiger partial charge in [-0.1, -0.05) is 11.2 Å². The molecule has 2 rings (SSSR count). The van der Waals surface area contributed by atoms with Crippen LogP contribution in [0, 0.1) is 0 Å². The van der Waals surface area contributed by atoms with E-state index in [9.17, 15) is 0 Å². The summed E-state index contributed by atoms with van der Waals surface area (Å²) in [7, 11) is 0. The Morgan fingerprint density at radius 3 is 3.00 bits per heavy atom. The molecule has 0 saturated heterocycles. The number of aromatic nitrogens is 1. The van der Waals surface area contributed by atoms with Crippen molar-refractivity contribution in [3.8, 4) is 10.4 Å². The van der Waals surface area contributed by atoms with Gasteiger partial charge in [0.25, 0.3) is 0 Å². The van der Waals surface area contributed by atoms with Crippen molar-refractivity contribution in [3.05, 3.63) is 41.5 Å². The summed E-state index contributed by atoms with van der Waals surface area (Å²) in [6.45, 7) is 0. The lowest BCUT2D eigenvalue weighted by molar-refractivity contribution is 0.322. The van der Waals surface area contributed by atoms with E-state index in [1.54, 1.807) is 17.5 Å². The lowest BCUT2D eigenvalue weighted by atomic mass is 10.2. The number of nitrogens with zero attached hydrogens (tertiary/aromatic N) is 2. The first-order valence-electron chi connectivity index (χ1n) is 4.08. The largest absolute Gasteiger partial charge is 0.411 e. The molecule has 0 bridgehead atoms. The average molecular weight is 204 g/mol. The van der Waals surface area contributed by atoms with Crippen molar-refractivity contribution >= 4 is 17.6 Å². The van der Waals surface area contributed by atoms with Gasteiger partial charge in [-0.05, 0) is 18.2 Å². The molecular weight excluding hydrogens is 196 g/mol. The van der Waals surface area contributed by atoms with E-state index in [1.807, 2.05) is 30.5 Å². The van der Waals surface area contributed by atoms with E-state index in [0.717, 1.165) is 15.3 Å². The molecule has 3 nitrogen and oxygen atoms in total. The van der Waals surface area contributed by atoms with Gasteiger partial charge >= 0.3 is 0 Å². The van der Waals surface area contributed by atoms with Gasteiger partial charge in [-0.2, -0.15) is 0 Å². The number of thiophene rings is 1. The fraction of sp³-hybridized carbons (Fsp3) is 0. The van der Waals surface area contributed by atoms with Crippen molar-refractivity contribution < 1.29 is 5.21 Å². The Labute approximate surface area is 85.4 Å². The number of pyridine rings is 1. The Morgan fingerprint density at radius 1 is 1.36 bits per heavy atom. The molecule has 2 heterocycles. The predicted octanol–water partition coefficient (Wildman–Crippen LogP) is 2.62. The van der Waals surface area contributed by atoms with Gasteiger partial charge in [-0.25, -0.2) is 0 Å². The first-order valence-corrected chi connectivity index (χ1v) is 4.89. The van der Waals surface area contributed by atoms with E-state index in [0.29, 0.717) is 0 Å². The quantitative estimate of drug-likeness (QED) is 0.464. The van der Waals surface area contributed by atoms with E-state index in [-0.39, 0.29) is 0 Å². The van der Waals surface area contributed by atoms with Crippen LogP contribution in [0.4, 0.5) is 0 Å². The molecule has 0 fully saturated rings. The fourth-order valence-electron chi connectivity index (χ4n) is 1.14. The third-order valence-corrected chi connectivity index (χ3v) is 2.83. The van der Waals surface area contributed by atoms with Crippen LogP contribution in [0.2, 0.25) is 0 Å². The second-order valence-corrected chi connectivity index (χ2v) is 3.80. The summed E-state index contributed by atoms with van der Waals surface area (Å²) in [5, 5.41) is 11.3. The van der Waals surface area contributed by atoms with Crippen LogP contribution >= 0.6 is 11.3 Å². The van der Waals surface area contributed by atoms with Crippen LogP contribution in [0.1, 0.15) is 4.88 Å². The zero-order valence-electron chi connectivity index (χ0n) is 7.29. The van der Waals surface area contributed by atoms with Gasteiger partial charge in [0, 0.05) is 27.7 Å². The highest BCUT2D eigenvalue weighted by atomic mass is 32.1. The third-order valence-electron chi connectivity index (χ3n) is 1.76. The van der Waals surface area contributed by atoms with E-state index in [1.165, 1.54) is 6.21 Å². The zero-order valence-corrected chi connectivity index (χ0v) is 8.11. The van der Waals surface area contributed by atoms with Crippen molar-refractivity contribution in [2.45, 2.75) is 0 Å². The van der Waals surface area contributed by atoms with Crippen LogP contribution in [0.15, 0.2) is 41.8 Å². The molecule has 2 aromatic rings. The van der Waals surface area contributed by atoms with Crippen LogP contribution in [-0.2, 0) is 0 Å². The van der Waals surface area contributed by atoms with Crippen LogP contribution in [0.5, 0.6) is 0 Å². The molecule has 0 aliphatic heterocycles. The predicted molar refractivity (Wildman–Crippen MR) is 56.9 cm³/mol. The maximum atomic E-state index is 8.36. The SMILES string of the molecule is O/N=C\c1ccc(-c2cccnc2)s1. The van der Waals surface area contributed by atoms with Gasteiger partial charge < -0.3 is 5.21 Å². The molecule has 14 heavy (non-hydrogen) atoms. The van der Waals surface area contributed by atoms with Gasteiger partial charge in [-0.3, -0.25) is 4.98 Å². The zero-order chi connectivity index (χ0) is 9.80. The molecule has 0 unspecified atom stereocenters. The summed E-state index contributed by atoms with van der Waals surface area (Å²) in [5.74, 6) is 0. The summed E-state index contributed by atoms with van der Waals surface area (Å²) in [5.41, 5.74) is 1.08. The molecule has 0 amide bonds. The number of hydrogen-bond acceptors (Lipinski definition) is 4. The maximum absolute atomic E-state index is 8.36. The summed E-state index contributed by atoms with van der Waals surface area (Å²) in [4.78, 5) is 6.08. The van der Waals surface area contributed by atoms with Gasteiger partial charge in [0.1, 0.15) is 0 Å². The molecule has 0 aromatic carbocycles. The highest BCUT2D eigenvalue weighted by Gasteiger charge is 2.00. The van der Waals surface area contributed by atoms with Crippen molar-refractivity contribution in [3.63, 3.8) is 0 Å². The molecule has 4 heteroatoms. The van der Waals surface area contributed by atoms with Gasteiger partial charge in [-0.15, -0.1) is 11.3 Å². The van der Waals surface area contributed by atoms with E-state index in [4.69, 9.17) is 5.21 Å². The fourth-order valence-corrected chi connectivity index (χ4v) is 2.01. The number of hydrogen-bond donors (Lipinski definition) is 1. The van der Waals surface area contributed by atoms with Crippen molar-refractivity contribution in [2.75, 3.05) is 0 Å². The van der Waals surface area contributed by atoms with E-state index in [2.05, 4.69) is 10.1 Å². The lowest BCUT2D eigenvalue weighted by Gasteiger charge is -1.93. The van der Waals surface area contributed by atoms with Crippen LogP contribution in [-0.4, -0.2) is 16.4 Å². The Balaban J connectivity index is 2.34. The second kappa shape index (κ2) is 4.02. The smallest absolute Gasteiger partial charge is 0.0833 e. The minimum absolute atomic E-state index is 0.923. The standard InChI is InChI=1S/C10H8N2OS/c13-12-7-9-3-4-10(14-9)8-2-1-5-11-6-8/h1-7,13H/b12-7-. The third kappa shape index (κ3) is 1.80. The van der Waals surface area contributed by atoms with Gasteiger partial charge in [0.15, 0.2) is 0 Å². The van der Waals surface area contributed by atoms with Crippen molar-refractivity contribution in [2.24, 2.45) is 5.16 Å². The van der Waals surface area contributed by atoms with E-state index < -0.39 is 0 Å². The Hall–Kier alpha value is -1.68. The Morgan fingerprint density at radius 2 is 2.29 bits per heavy atom. The monoisotopic (exact) mass is 204 g/mol. The van der Waals surface area contributed by atoms with E-state index >= 15 is 0 Å². The normalized spacial score (nSPS) is 10.9. The molecule has 0 aliphatic carbocycles. The summed E-state index contributed by atoms with van der Waals surface area (Å²) < 4.78 is 0. The second-order valence-electron chi connectivity index (χ2n) is 2.69. The lowest BCUT2D eigenvalue weighted by Crippen LogP contribution is -1.72. The first kappa shape index (κ1) is 8.90. The minimum atomic E-state index is 0.923. The van der Waals surface area contributed by atoms with Crippen LogP contribution in [0.25, 0.3) is 10.4 Å². The summed E-state index contributed by atoms with van der Waals surface area (Å²) >= 11 is 1.56. The molecule has 0 spiro atoms. The summed E-state index contributed by atoms with van der Waals surface area (Å²) in [6, 6.07) is 7.79. The van der Waals surface area contributed by atoms with Crippen LogP contribution in [0.3, 0.4) is 0 Å². The van der Waals surface area contributed by atoms with Crippen molar-refractivity contribution in [1.82, 2.24) is 4.98 Å². The first-order chi connectivity index (χ1) is 6.90. The molecule has 70 valence electrons. The maximum Gasteiger partial charge on any atom is 0.0833 e. The number of rotatable bonds is 2. The van der Waals surface area contributed by atoms with Crippen molar-refractivity contribution in [1.29, 1.82) is 0 Å². The molecule has 0 saturated carbocycles. The molecule has 0 aliphatic rings. The molecule has 1 N–H and O–H groups in total.